The molecule has 3 heteroatoms. The van der Waals surface area contributed by atoms with E-state index >= 15 is 0 Å². The topological polar surface area (TPSA) is 9.23 Å². The maximum atomic E-state index is 6.65. The number of rotatable bonds is 7. The second kappa shape index (κ2) is 6.02. The molecule has 0 saturated heterocycles. The van der Waals surface area contributed by atoms with Crippen molar-refractivity contribution in [1.82, 2.24) is 0 Å². The normalized spacial score (nSPS) is 14.5. The van der Waals surface area contributed by atoms with Gasteiger partial charge >= 0.3 is 0 Å². The van der Waals surface area contributed by atoms with Crippen LogP contribution in [0.15, 0.2) is 0 Å². The first-order valence-corrected chi connectivity index (χ1v) is 13.0. The fraction of sp³-hybridized carbons (Fsp3) is 1.00. The summed E-state index contributed by atoms with van der Waals surface area (Å²) in [5.41, 5.74) is 0. The molecule has 0 N–H and O–H groups in total. The van der Waals surface area contributed by atoms with Crippen LogP contribution in [-0.2, 0) is 4.43 Å². The van der Waals surface area contributed by atoms with E-state index in [1.807, 2.05) is 0 Å². The van der Waals surface area contributed by atoms with Gasteiger partial charge in [-0.25, -0.2) is 0 Å². The molecule has 104 valence electrons. The average Bonchev–Trinajstić information content (AvgIpc) is 2.12. The van der Waals surface area contributed by atoms with Gasteiger partial charge < -0.3 is 4.43 Å². The molecule has 0 atom stereocenters. The van der Waals surface area contributed by atoms with E-state index in [1.165, 1.54) is 19.3 Å². The summed E-state index contributed by atoms with van der Waals surface area (Å²) in [5.74, 6) is 0. The third-order valence-electron chi connectivity index (χ3n) is 4.69. The minimum Gasteiger partial charge on any atom is -0.415 e. The van der Waals surface area contributed by atoms with Crippen molar-refractivity contribution in [2.45, 2.75) is 90.3 Å². The zero-order valence-corrected chi connectivity index (χ0v) is 15.8. The zero-order chi connectivity index (χ0) is 13.9. The van der Waals surface area contributed by atoms with Crippen LogP contribution in [0.2, 0.25) is 31.2 Å². The molecule has 0 aromatic rings. The van der Waals surface area contributed by atoms with Crippen LogP contribution in [0.5, 0.6) is 0 Å². The molecule has 0 rings (SSSR count). The van der Waals surface area contributed by atoms with Gasteiger partial charge in [-0.1, -0.05) is 46.7 Å². The van der Waals surface area contributed by atoms with Crippen LogP contribution in [-0.4, -0.2) is 22.3 Å². The van der Waals surface area contributed by atoms with E-state index in [0.717, 1.165) is 0 Å². The Labute approximate surface area is 112 Å². The Morgan fingerprint density at radius 1 is 1.06 bits per heavy atom. The lowest BCUT2D eigenvalue weighted by atomic mass is 10.1. The highest BCUT2D eigenvalue weighted by molar-refractivity contribution is 6.75. The molecule has 0 bridgehead atoms. The van der Waals surface area contributed by atoms with Crippen molar-refractivity contribution in [3.05, 3.63) is 0 Å². The van der Waals surface area contributed by atoms with Crippen molar-refractivity contribution in [3.8, 4) is 0 Å². The van der Waals surface area contributed by atoms with Gasteiger partial charge in [-0.15, -0.1) is 0 Å². The highest BCUT2D eigenvalue weighted by Crippen LogP contribution is 2.44. The molecule has 0 radical (unpaired) electrons. The summed E-state index contributed by atoms with van der Waals surface area (Å²) >= 11 is 0. The SMILES string of the molecule is CCCCC(C)(C)[Si](C)(C)OC(C)(C)[SiH](C)C. The van der Waals surface area contributed by atoms with Crippen LogP contribution in [0.4, 0.5) is 0 Å². The monoisotopic (exact) mass is 274 g/mol. The van der Waals surface area contributed by atoms with Crippen molar-refractivity contribution >= 4 is 17.1 Å². The summed E-state index contributed by atoms with van der Waals surface area (Å²) in [7, 11) is -2.40. The smallest absolute Gasteiger partial charge is 0.192 e. The predicted octanol–water partition coefficient (Wildman–Crippen LogP) is 4.98. The molecule has 0 heterocycles. The lowest BCUT2D eigenvalue weighted by Crippen LogP contribution is -2.52. The first-order chi connectivity index (χ1) is 7.46. The standard InChI is InChI=1S/C14H34OSi2/c1-10-11-12-13(2,3)17(8,9)15-14(4,5)16(6)7/h16H,10-12H2,1-9H3. The number of hydrogen-bond acceptors (Lipinski definition) is 1. The fourth-order valence-corrected chi connectivity index (χ4v) is 6.03. The van der Waals surface area contributed by atoms with Crippen LogP contribution in [0.1, 0.15) is 53.9 Å². The van der Waals surface area contributed by atoms with Crippen molar-refractivity contribution in [2.24, 2.45) is 0 Å². The molecule has 0 aliphatic heterocycles. The molecule has 0 aromatic heterocycles. The number of hydrogen-bond donors (Lipinski definition) is 0. The van der Waals surface area contributed by atoms with Crippen LogP contribution in [0, 0.1) is 0 Å². The van der Waals surface area contributed by atoms with E-state index in [2.05, 4.69) is 60.8 Å². The Kier molecular flexibility index (Phi) is 6.16. The Bertz CT molecular complexity index is 232. The maximum absolute atomic E-state index is 6.65. The summed E-state index contributed by atoms with van der Waals surface area (Å²) in [6, 6.07) is 0. The van der Waals surface area contributed by atoms with Crippen LogP contribution < -0.4 is 0 Å². The van der Waals surface area contributed by atoms with Gasteiger partial charge in [0.2, 0.25) is 0 Å². The predicted molar refractivity (Wildman–Crippen MR) is 85.1 cm³/mol. The van der Waals surface area contributed by atoms with Crippen molar-refractivity contribution < 1.29 is 4.43 Å². The van der Waals surface area contributed by atoms with Gasteiger partial charge in [0.25, 0.3) is 0 Å². The Morgan fingerprint density at radius 2 is 1.53 bits per heavy atom. The second-order valence-corrected chi connectivity index (χ2v) is 15.6. The van der Waals surface area contributed by atoms with Crippen LogP contribution in [0.25, 0.3) is 0 Å². The number of unbranched alkanes of at least 4 members (excludes halogenated alkanes) is 1. The van der Waals surface area contributed by atoms with Crippen molar-refractivity contribution in [3.63, 3.8) is 0 Å². The van der Waals surface area contributed by atoms with Crippen LogP contribution >= 0.6 is 0 Å². The zero-order valence-electron chi connectivity index (χ0n) is 13.6. The lowest BCUT2D eigenvalue weighted by molar-refractivity contribution is 0.165. The van der Waals surface area contributed by atoms with Gasteiger partial charge in [-0.2, -0.15) is 0 Å². The summed E-state index contributed by atoms with van der Waals surface area (Å²) in [5, 5.41) is 0.517. The van der Waals surface area contributed by atoms with Gasteiger partial charge in [0.1, 0.15) is 0 Å². The molecule has 17 heavy (non-hydrogen) atoms. The van der Waals surface area contributed by atoms with E-state index < -0.39 is 17.1 Å². The molecule has 0 fully saturated rings. The molecular weight excluding hydrogens is 240 g/mol. The first-order valence-electron chi connectivity index (χ1n) is 7.16. The van der Waals surface area contributed by atoms with E-state index in [-0.39, 0.29) is 5.22 Å². The Balaban J connectivity index is 4.76. The van der Waals surface area contributed by atoms with E-state index in [4.69, 9.17) is 4.43 Å². The summed E-state index contributed by atoms with van der Waals surface area (Å²) < 4.78 is 6.65. The average molecular weight is 275 g/mol. The lowest BCUT2D eigenvalue weighted by Gasteiger charge is -2.46. The Hall–Kier alpha value is 0.394. The van der Waals surface area contributed by atoms with Gasteiger partial charge in [0.05, 0.1) is 8.80 Å². The largest absolute Gasteiger partial charge is 0.415 e. The molecule has 0 spiro atoms. The fourth-order valence-electron chi connectivity index (χ4n) is 1.83. The maximum Gasteiger partial charge on any atom is 0.192 e. The highest BCUT2D eigenvalue weighted by atomic mass is 28.4. The molecule has 1 nitrogen and oxygen atoms in total. The molecule has 0 saturated carbocycles. The quantitative estimate of drug-likeness (QED) is 0.595. The van der Waals surface area contributed by atoms with Gasteiger partial charge in [0, 0.05) is 5.22 Å². The van der Waals surface area contributed by atoms with E-state index in [9.17, 15) is 0 Å². The minimum atomic E-state index is -1.63. The van der Waals surface area contributed by atoms with Crippen LogP contribution in [0.3, 0.4) is 0 Å². The molecule has 0 aromatic carbocycles. The molecule has 0 unspecified atom stereocenters. The molecule has 0 amide bonds. The Morgan fingerprint density at radius 3 is 1.88 bits per heavy atom. The summed E-state index contributed by atoms with van der Waals surface area (Å²) in [6.45, 7) is 21.3. The molecule has 0 aliphatic carbocycles. The molecular formula is C14H34OSi2. The van der Waals surface area contributed by atoms with E-state index in [1.54, 1.807) is 0 Å². The highest BCUT2D eigenvalue weighted by Gasteiger charge is 2.44. The van der Waals surface area contributed by atoms with Crippen molar-refractivity contribution in [2.75, 3.05) is 0 Å². The minimum absolute atomic E-state index is 0.138. The summed E-state index contributed by atoms with van der Waals surface area (Å²) in [6.07, 6.45) is 3.92. The third kappa shape index (κ3) is 4.88. The van der Waals surface area contributed by atoms with Crippen molar-refractivity contribution in [1.29, 1.82) is 0 Å². The summed E-state index contributed by atoms with van der Waals surface area (Å²) in [4.78, 5) is 0. The van der Waals surface area contributed by atoms with Gasteiger partial charge in [-0.3, -0.25) is 0 Å². The van der Waals surface area contributed by atoms with Gasteiger partial charge in [-0.05, 0) is 38.4 Å². The third-order valence-corrected chi connectivity index (χ3v) is 12.4. The first kappa shape index (κ1) is 17.4. The molecule has 0 aliphatic rings. The van der Waals surface area contributed by atoms with Gasteiger partial charge in [0.15, 0.2) is 8.32 Å². The van der Waals surface area contributed by atoms with E-state index in [0.29, 0.717) is 5.04 Å². The second-order valence-electron chi connectivity index (χ2n) is 7.36.